The van der Waals surface area contributed by atoms with Gasteiger partial charge in [0, 0.05) is 6.42 Å². The molecule has 1 saturated heterocycles. The third-order valence-electron chi connectivity index (χ3n) is 4.86. The lowest BCUT2D eigenvalue weighted by Gasteiger charge is -2.23. The Balaban J connectivity index is 2.22. The van der Waals surface area contributed by atoms with Crippen molar-refractivity contribution >= 4 is 5.78 Å². The second kappa shape index (κ2) is 11.2. The molecule has 148 valence electrons. The molecule has 0 amide bonds. The fourth-order valence-corrected chi connectivity index (χ4v) is 3.14. The minimum atomic E-state index is -2.36. The van der Waals surface area contributed by atoms with Crippen LogP contribution in [0.4, 0.5) is 0 Å². The Hall–Kier alpha value is -0.570. The number of unbranched alkanes of at least 4 members (excludes halogenated alkanes) is 8. The van der Waals surface area contributed by atoms with E-state index in [-0.39, 0.29) is 6.42 Å². The summed E-state index contributed by atoms with van der Waals surface area (Å²) in [7, 11) is 0. The van der Waals surface area contributed by atoms with E-state index in [9.17, 15) is 25.2 Å². The van der Waals surface area contributed by atoms with E-state index in [0.717, 1.165) is 19.3 Å². The number of hydrogen-bond acceptors (Lipinski definition) is 7. The monoisotopic (exact) mass is 362 g/mol. The Morgan fingerprint density at radius 3 is 2.04 bits per heavy atom. The van der Waals surface area contributed by atoms with E-state index < -0.39 is 42.6 Å². The predicted octanol–water partition coefficient (Wildman–Crippen LogP) is 0.639. The van der Waals surface area contributed by atoms with E-state index >= 15 is 0 Å². The zero-order valence-corrected chi connectivity index (χ0v) is 15.1. The first-order chi connectivity index (χ1) is 11.9. The van der Waals surface area contributed by atoms with Crippen LogP contribution in [0.5, 0.6) is 0 Å². The SMILES string of the molecule is CCCCCCCCCCCC(=O)C(O)[C@H]1OC(O)(CO)[C@@H](O)[C@@H]1O. The highest BCUT2D eigenvalue weighted by Crippen LogP contribution is 2.31. The number of rotatable bonds is 13. The van der Waals surface area contributed by atoms with Crippen molar-refractivity contribution < 1.29 is 35.1 Å². The van der Waals surface area contributed by atoms with Gasteiger partial charge < -0.3 is 30.3 Å². The molecule has 0 aromatic heterocycles. The molecule has 0 spiro atoms. The van der Waals surface area contributed by atoms with Crippen LogP contribution in [0.15, 0.2) is 0 Å². The lowest BCUT2D eigenvalue weighted by Crippen LogP contribution is -2.46. The number of Topliss-reactive ketones (excluding diaryl/α,β-unsaturated/α-hetero) is 1. The number of hydrogen-bond donors (Lipinski definition) is 5. The third-order valence-corrected chi connectivity index (χ3v) is 4.86. The highest BCUT2D eigenvalue weighted by molar-refractivity contribution is 5.83. The van der Waals surface area contributed by atoms with E-state index in [1.54, 1.807) is 0 Å². The van der Waals surface area contributed by atoms with Crippen molar-refractivity contribution in [1.29, 1.82) is 0 Å². The van der Waals surface area contributed by atoms with Crippen LogP contribution in [-0.4, -0.2) is 68.1 Å². The summed E-state index contributed by atoms with van der Waals surface area (Å²) in [5, 5.41) is 48.3. The van der Waals surface area contributed by atoms with Gasteiger partial charge in [-0.2, -0.15) is 0 Å². The second-order valence-corrected chi connectivity index (χ2v) is 7.01. The second-order valence-electron chi connectivity index (χ2n) is 7.01. The lowest BCUT2D eigenvalue weighted by molar-refractivity contribution is -0.252. The van der Waals surface area contributed by atoms with E-state index in [4.69, 9.17) is 9.84 Å². The zero-order valence-electron chi connectivity index (χ0n) is 15.1. The topological polar surface area (TPSA) is 127 Å². The van der Waals surface area contributed by atoms with Gasteiger partial charge in [-0.25, -0.2) is 0 Å². The fraction of sp³-hybridized carbons (Fsp3) is 0.944. The smallest absolute Gasteiger partial charge is 0.219 e. The Morgan fingerprint density at radius 1 is 1.04 bits per heavy atom. The maximum absolute atomic E-state index is 12.0. The molecule has 0 saturated carbocycles. The highest BCUT2D eigenvalue weighted by Gasteiger charge is 2.56. The summed E-state index contributed by atoms with van der Waals surface area (Å²) in [6, 6.07) is 0. The van der Waals surface area contributed by atoms with Gasteiger partial charge in [-0.15, -0.1) is 0 Å². The number of ketones is 1. The first-order valence-corrected chi connectivity index (χ1v) is 9.45. The van der Waals surface area contributed by atoms with E-state index in [0.29, 0.717) is 6.42 Å². The molecule has 2 unspecified atom stereocenters. The van der Waals surface area contributed by atoms with Gasteiger partial charge in [-0.3, -0.25) is 4.79 Å². The molecule has 0 aromatic rings. The molecule has 7 heteroatoms. The third kappa shape index (κ3) is 6.58. The number of carbonyl (C=O) groups excluding carboxylic acids is 1. The van der Waals surface area contributed by atoms with Gasteiger partial charge in [0.1, 0.15) is 24.4 Å². The van der Waals surface area contributed by atoms with Gasteiger partial charge in [0.15, 0.2) is 5.78 Å². The van der Waals surface area contributed by atoms with E-state index in [2.05, 4.69) is 6.92 Å². The van der Waals surface area contributed by atoms with Crippen LogP contribution in [0.25, 0.3) is 0 Å². The fourth-order valence-electron chi connectivity index (χ4n) is 3.14. The molecule has 0 bridgehead atoms. The average Bonchev–Trinajstić information content (AvgIpc) is 2.84. The lowest BCUT2D eigenvalue weighted by atomic mass is 9.97. The number of aliphatic hydroxyl groups excluding tert-OH is 4. The van der Waals surface area contributed by atoms with Crippen molar-refractivity contribution in [2.24, 2.45) is 0 Å². The summed E-state index contributed by atoms with van der Waals surface area (Å²) in [5.74, 6) is -2.86. The summed E-state index contributed by atoms with van der Waals surface area (Å²) in [6.45, 7) is 1.24. The molecular weight excluding hydrogens is 328 g/mol. The quantitative estimate of drug-likeness (QED) is 0.304. The highest BCUT2D eigenvalue weighted by atomic mass is 16.7. The van der Waals surface area contributed by atoms with Gasteiger partial charge in [0.25, 0.3) is 0 Å². The van der Waals surface area contributed by atoms with Crippen molar-refractivity contribution in [1.82, 2.24) is 0 Å². The normalized spacial score (nSPS) is 30.6. The molecule has 1 aliphatic heterocycles. The van der Waals surface area contributed by atoms with Crippen molar-refractivity contribution in [3.05, 3.63) is 0 Å². The number of aliphatic hydroxyl groups is 5. The molecule has 1 rings (SSSR count). The van der Waals surface area contributed by atoms with Crippen LogP contribution in [0, 0.1) is 0 Å². The van der Waals surface area contributed by atoms with Crippen molar-refractivity contribution in [3.63, 3.8) is 0 Å². The minimum absolute atomic E-state index is 0.150. The van der Waals surface area contributed by atoms with Crippen LogP contribution in [0.1, 0.15) is 71.1 Å². The van der Waals surface area contributed by atoms with Crippen LogP contribution in [-0.2, 0) is 9.53 Å². The molecule has 25 heavy (non-hydrogen) atoms. The first-order valence-electron chi connectivity index (χ1n) is 9.45. The van der Waals surface area contributed by atoms with Crippen molar-refractivity contribution in [2.75, 3.05) is 6.61 Å². The Kier molecular flexibility index (Phi) is 10.1. The van der Waals surface area contributed by atoms with Gasteiger partial charge in [-0.1, -0.05) is 58.3 Å². The Bertz CT molecular complexity index is 390. The summed E-state index contributed by atoms with van der Waals surface area (Å²) in [6.07, 6.45) is 3.60. The molecule has 1 aliphatic rings. The Labute approximate surface area is 149 Å². The average molecular weight is 362 g/mol. The standard InChI is InChI=1S/C18H34O7/c1-2-3-4-5-6-7-8-9-10-11-13(20)14(21)16-15(22)17(23)18(24,12-19)25-16/h14-17,19,21-24H,2-12H2,1H3/t14?,15-,16-,17+,18?/m1/s1. The zero-order chi connectivity index (χ0) is 18.9. The molecule has 0 radical (unpaired) electrons. The number of ether oxygens (including phenoxy) is 1. The molecule has 1 fully saturated rings. The molecule has 0 aliphatic carbocycles. The van der Waals surface area contributed by atoms with E-state index in [1.165, 1.54) is 32.1 Å². The largest absolute Gasteiger partial charge is 0.391 e. The molecule has 0 aromatic carbocycles. The van der Waals surface area contributed by atoms with Crippen LogP contribution in [0.3, 0.4) is 0 Å². The summed E-state index contributed by atoms with van der Waals surface area (Å²) >= 11 is 0. The van der Waals surface area contributed by atoms with E-state index in [1.807, 2.05) is 0 Å². The van der Waals surface area contributed by atoms with Gasteiger partial charge in [0.05, 0.1) is 6.61 Å². The van der Waals surface area contributed by atoms with Crippen LogP contribution in [0.2, 0.25) is 0 Å². The predicted molar refractivity (Wildman–Crippen MR) is 91.8 cm³/mol. The molecule has 5 N–H and O–H groups in total. The van der Waals surface area contributed by atoms with Crippen LogP contribution < -0.4 is 0 Å². The summed E-state index contributed by atoms with van der Waals surface area (Å²) in [5.41, 5.74) is 0. The molecular formula is C18H34O7. The van der Waals surface area contributed by atoms with Gasteiger partial charge >= 0.3 is 0 Å². The number of carbonyl (C=O) groups is 1. The van der Waals surface area contributed by atoms with Crippen molar-refractivity contribution in [3.8, 4) is 0 Å². The summed E-state index contributed by atoms with van der Waals surface area (Å²) < 4.78 is 4.93. The first kappa shape index (κ1) is 22.5. The molecule has 5 atom stereocenters. The van der Waals surface area contributed by atoms with Gasteiger partial charge in [0.2, 0.25) is 5.79 Å². The Morgan fingerprint density at radius 2 is 1.56 bits per heavy atom. The molecule has 7 nitrogen and oxygen atoms in total. The maximum atomic E-state index is 12.0. The van der Waals surface area contributed by atoms with Gasteiger partial charge in [-0.05, 0) is 6.42 Å². The van der Waals surface area contributed by atoms with Crippen molar-refractivity contribution in [2.45, 2.75) is 101 Å². The summed E-state index contributed by atoms with van der Waals surface area (Å²) in [4.78, 5) is 12.0. The van der Waals surface area contributed by atoms with Crippen LogP contribution >= 0.6 is 0 Å². The maximum Gasteiger partial charge on any atom is 0.219 e. The minimum Gasteiger partial charge on any atom is -0.391 e. The molecule has 1 heterocycles.